The van der Waals surface area contributed by atoms with Gasteiger partial charge in [-0.2, -0.15) is 21.4 Å². The van der Waals surface area contributed by atoms with Gasteiger partial charge >= 0.3 is 17.9 Å². The molecule has 18 heteroatoms. The number of rotatable bonds is 22. The fourth-order valence-electron chi connectivity index (χ4n) is 8.46. The number of amides is 1. The van der Waals surface area contributed by atoms with Gasteiger partial charge in [0.05, 0.1) is 28.3 Å². The Bertz CT molecular complexity index is 2300. The first kappa shape index (κ1) is 47.9. The quantitative estimate of drug-likeness (QED) is 0.0499. The van der Waals surface area contributed by atoms with Crippen molar-refractivity contribution in [3.63, 3.8) is 0 Å². The van der Waals surface area contributed by atoms with Crippen LogP contribution in [0, 0.1) is 0 Å². The van der Waals surface area contributed by atoms with Crippen LogP contribution in [0.3, 0.4) is 0 Å². The molecule has 1 heterocycles. The Morgan fingerprint density at radius 3 is 1.98 bits per heavy atom. The van der Waals surface area contributed by atoms with Crippen molar-refractivity contribution in [1.29, 1.82) is 0 Å². The summed E-state index contributed by atoms with van der Waals surface area (Å²) in [5.41, 5.74) is 4.05. The van der Waals surface area contributed by atoms with Gasteiger partial charge in [0.1, 0.15) is 12.6 Å². The van der Waals surface area contributed by atoms with Gasteiger partial charge < -0.3 is 20.6 Å². The van der Waals surface area contributed by atoms with E-state index in [1.165, 1.54) is 24.3 Å². The highest BCUT2D eigenvalue weighted by molar-refractivity contribution is 7.86. The number of carboxylic acids is 3. The lowest BCUT2D eigenvalue weighted by atomic mass is 9.79. The minimum Gasteiger partial charge on any atom is -0.480 e. The number of nitrogens with one attached hydrogen (secondary N) is 1. The molecule has 16 nitrogen and oxygen atoms in total. The minimum atomic E-state index is -4.47. The van der Waals surface area contributed by atoms with Gasteiger partial charge in [0, 0.05) is 48.4 Å². The smallest absolute Gasteiger partial charge is 0.320 e. The van der Waals surface area contributed by atoms with Crippen LogP contribution in [0.1, 0.15) is 109 Å². The zero-order valence-electron chi connectivity index (χ0n) is 34.5. The van der Waals surface area contributed by atoms with Gasteiger partial charge in [0.15, 0.2) is 5.71 Å². The summed E-state index contributed by atoms with van der Waals surface area (Å²) in [4.78, 5) is 47.1. The molecule has 0 spiro atoms. The molecule has 0 radical (unpaired) electrons. The second-order valence-electron chi connectivity index (χ2n) is 16.3. The lowest BCUT2D eigenvalue weighted by Crippen LogP contribution is -2.46. The fourth-order valence-corrected chi connectivity index (χ4v) is 9.47. The number of aliphatic carboxylic acids is 3. The minimum absolute atomic E-state index is 0.00985. The molecule has 0 saturated carbocycles. The maximum absolute atomic E-state index is 12.6. The van der Waals surface area contributed by atoms with Gasteiger partial charge in [0.2, 0.25) is 11.6 Å². The Kier molecular flexibility index (Phi) is 15.4. The molecule has 2 aliphatic rings. The third kappa shape index (κ3) is 11.3. The average Bonchev–Trinajstić information content (AvgIpc) is 3.48. The lowest BCUT2D eigenvalue weighted by molar-refractivity contribution is -0.438. The first-order valence-corrected chi connectivity index (χ1v) is 22.7. The van der Waals surface area contributed by atoms with Gasteiger partial charge in [-0.3, -0.25) is 33.2 Å². The molecule has 0 aromatic heterocycles. The normalized spacial score (nSPS) is 18.2. The molecule has 2 atom stereocenters. The molecule has 0 fully saturated rings. The maximum atomic E-state index is 12.6. The highest BCUT2D eigenvalue weighted by Gasteiger charge is 2.45. The SMILES string of the molecule is CCC1/C(=C\C=C\C2=[N+](CCCCCC(=O)NCCCCC(C(=O)O)N(CC(=O)O)CC(=O)O)c3ccc(S(=O)(=O)O)cc3C2(C)C)C(C)(C)c2cc(S(=O)(=O)O)ccc21. The number of allylic oxidation sites excluding steroid dienone is 4. The predicted molar refractivity (Wildman–Crippen MR) is 222 cm³/mol. The van der Waals surface area contributed by atoms with Crippen molar-refractivity contribution in [3.05, 3.63) is 76.9 Å². The van der Waals surface area contributed by atoms with Gasteiger partial charge in [-0.05, 0) is 87.8 Å². The van der Waals surface area contributed by atoms with Crippen LogP contribution in [0.2, 0.25) is 0 Å². The molecule has 2 aromatic carbocycles. The summed E-state index contributed by atoms with van der Waals surface area (Å²) in [5, 5.41) is 30.5. The summed E-state index contributed by atoms with van der Waals surface area (Å²) in [6, 6.07) is 7.95. The first-order valence-electron chi connectivity index (χ1n) is 19.9. The van der Waals surface area contributed by atoms with Crippen molar-refractivity contribution in [2.75, 3.05) is 26.2 Å². The first-order chi connectivity index (χ1) is 27.9. The molecule has 1 amide bonds. The second kappa shape index (κ2) is 19.3. The van der Waals surface area contributed by atoms with E-state index < -0.39 is 68.1 Å². The van der Waals surface area contributed by atoms with Crippen molar-refractivity contribution >= 4 is 55.5 Å². The van der Waals surface area contributed by atoms with Gasteiger partial charge in [0.25, 0.3) is 20.2 Å². The molecule has 0 saturated heterocycles. The number of carbonyl (C=O) groups excluding carboxylic acids is 1. The van der Waals surface area contributed by atoms with Crippen LogP contribution in [-0.2, 0) is 50.2 Å². The van der Waals surface area contributed by atoms with Gasteiger partial charge in [-0.25, -0.2) is 0 Å². The molecule has 6 N–H and O–H groups in total. The Balaban J connectivity index is 1.44. The van der Waals surface area contributed by atoms with Gasteiger partial charge in [-0.15, -0.1) is 0 Å². The van der Waals surface area contributed by atoms with E-state index in [-0.39, 0.29) is 41.0 Å². The van der Waals surface area contributed by atoms with E-state index in [9.17, 15) is 50.2 Å². The molecule has 0 bridgehead atoms. The number of hydrogen-bond donors (Lipinski definition) is 6. The number of unbranched alkanes of at least 4 members (excludes halogenated alkanes) is 3. The van der Waals surface area contributed by atoms with Crippen molar-refractivity contribution in [2.45, 2.75) is 119 Å². The number of benzene rings is 2. The van der Waals surface area contributed by atoms with Crippen LogP contribution in [-0.4, -0.2) is 112 Å². The predicted octanol–water partition coefficient (Wildman–Crippen LogP) is 5.30. The summed E-state index contributed by atoms with van der Waals surface area (Å²) >= 11 is 0. The lowest BCUT2D eigenvalue weighted by Gasteiger charge is -2.25. The molecule has 1 aliphatic carbocycles. The Morgan fingerprint density at radius 2 is 1.42 bits per heavy atom. The van der Waals surface area contributed by atoms with E-state index in [0.717, 1.165) is 39.4 Å². The molecule has 4 rings (SSSR count). The molecule has 1 aliphatic heterocycles. The summed E-state index contributed by atoms with van der Waals surface area (Å²) in [6.07, 6.45) is 9.64. The topological polar surface area (TPSA) is 256 Å². The van der Waals surface area contributed by atoms with Crippen molar-refractivity contribution in [2.24, 2.45) is 0 Å². The fraction of sp³-hybridized carbons (Fsp3) is 0.500. The van der Waals surface area contributed by atoms with E-state index in [0.29, 0.717) is 44.2 Å². The molecule has 328 valence electrons. The average molecular weight is 875 g/mol. The third-order valence-corrected chi connectivity index (χ3v) is 13.2. The summed E-state index contributed by atoms with van der Waals surface area (Å²) < 4.78 is 69.9. The van der Waals surface area contributed by atoms with Crippen molar-refractivity contribution < 1.29 is 65.0 Å². The Labute approximate surface area is 351 Å². The number of hydrogen-bond acceptors (Lipinski definition) is 9. The van der Waals surface area contributed by atoms with E-state index in [1.54, 1.807) is 12.1 Å². The second-order valence-corrected chi connectivity index (χ2v) is 19.2. The summed E-state index contributed by atoms with van der Waals surface area (Å²) in [6.45, 7) is 9.38. The largest absolute Gasteiger partial charge is 0.480 e. The molecular weight excluding hydrogens is 819 g/mol. The Hall–Kier alpha value is -4.75. The van der Waals surface area contributed by atoms with Crippen LogP contribution in [0.15, 0.2) is 70.0 Å². The highest BCUT2D eigenvalue weighted by Crippen LogP contribution is 2.52. The van der Waals surface area contributed by atoms with Crippen LogP contribution < -0.4 is 5.32 Å². The van der Waals surface area contributed by atoms with Crippen LogP contribution in [0.25, 0.3) is 0 Å². The number of nitrogens with zero attached hydrogens (tertiary/aromatic N) is 2. The molecule has 60 heavy (non-hydrogen) atoms. The molecular formula is C42H56N3O13S2+. The number of carboxylic acid groups (broad SMARTS) is 3. The van der Waals surface area contributed by atoms with Crippen molar-refractivity contribution in [3.8, 4) is 0 Å². The summed E-state index contributed by atoms with van der Waals surface area (Å²) in [7, 11) is -8.86. The molecule has 2 aromatic rings. The number of fused-ring (bicyclic) bond motifs is 2. The zero-order chi connectivity index (χ0) is 44.8. The van der Waals surface area contributed by atoms with E-state index in [2.05, 4.69) is 16.8 Å². The van der Waals surface area contributed by atoms with E-state index in [1.807, 2.05) is 45.9 Å². The molecule has 2 unspecified atom stereocenters. The van der Waals surface area contributed by atoms with Gasteiger partial charge in [-0.1, -0.05) is 44.6 Å². The van der Waals surface area contributed by atoms with Crippen LogP contribution in [0.4, 0.5) is 5.69 Å². The summed E-state index contributed by atoms with van der Waals surface area (Å²) in [5.74, 6) is -4.18. The maximum Gasteiger partial charge on any atom is 0.320 e. The van der Waals surface area contributed by atoms with E-state index in [4.69, 9.17) is 10.2 Å². The Morgan fingerprint density at radius 1 is 0.817 bits per heavy atom. The van der Waals surface area contributed by atoms with E-state index >= 15 is 0 Å². The van der Waals surface area contributed by atoms with Crippen molar-refractivity contribution in [1.82, 2.24) is 10.2 Å². The van der Waals surface area contributed by atoms with Crippen LogP contribution in [0.5, 0.6) is 0 Å². The highest BCUT2D eigenvalue weighted by atomic mass is 32.2. The zero-order valence-corrected chi connectivity index (χ0v) is 36.2. The standard InChI is InChI=1S/C42H55N3O13S2/c1-6-29-30-19-17-27(59(53,54)55)23-32(30)41(2,3)31(29)13-12-15-36-42(4,5)33-24-28(60(56,57)58)18-20-34(33)45(36)22-11-7-8-16-37(46)43-21-10-9-14-35(40(51)52)44(25-38(47)48)26-39(49)50/h12-13,15,17-20,23-24,29,35H,6-11,14,16,21-22,25-26H2,1-5H3,(H5-,43,46,47,48,49,50,51,52,53,54,55,56,57,58)/p+1/b15-12+,31-13+. The third-order valence-electron chi connectivity index (χ3n) is 11.5. The monoisotopic (exact) mass is 874 g/mol. The number of carbonyl (C=O) groups is 4. The van der Waals surface area contributed by atoms with Crippen LogP contribution >= 0.6 is 0 Å².